The lowest BCUT2D eigenvalue weighted by Gasteiger charge is -2.32. The van der Waals surface area contributed by atoms with Crippen molar-refractivity contribution in [2.75, 3.05) is 0 Å². The summed E-state index contributed by atoms with van der Waals surface area (Å²) < 4.78 is 12.1. The molecule has 1 unspecified atom stereocenters. The van der Waals surface area contributed by atoms with E-state index >= 15 is 0 Å². The summed E-state index contributed by atoms with van der Waals surface area (Å²) in [4.78, 5) is 0. The van der Waals surface area contributed by atoms with Crippen LogP contribution in [0.5, 0.6) is 0 Å². The molecule has 2 rings (SSSR count). The van der Waals surface area contributed by atoms with Gasteiger partial charge in [-0.05, 0) is 45.5 Å². The molecule has 0 N–H and O–H groups in total. The van der Waals surface area contributed by atoms with Gasteiger partial charge < -0.3 is 9.31 Å². The predicted octanol–water partition coefficient (Wildman–Crippen LogP) is 4.43. The Bertz CT molecular complexity index is 449. The third-order valence-corrected chi connectivity index (χ3v) is 4.28. The first-order valence-electron chi connectivity index (χ1n) is 7.39. The average Bonchev–Trinajstić information content (AvgIpc) is 2.56. The minimum Gasteiger partial charge on any atom is -0.403 e. The van der Waals surface area contributed by atoms with E-state index in [1.54, 1.807) is 0 Å². The zero-order valence-electron chi connectivity index (χ0n) is 13.2. The lowest BCUT2D eigenvalue weighted by Crippen LogP contribution is -2.41. The first kappa shape index (κ1) is 15.3. The summed E-state index contributed by atoms with van der Waals surface area (Å²) in [5.41, 5.74) is 0.759. The highest BCUT2D eigenvalue weighted by atomic mass is 16.7. The second-order valence-corrected chi connectivity index (χ2v) is 6.67. The topological polar surface area (TPSA) is 18.5 Å². The summed E-state index contributed by atoms with van der Waals surface area (Å²) >= 11 is 0. The Labute approximate surface area is 123 Å². The van der Waals surface area contributed by atoms with Crippen molar-refractivity contribution in [3.8, 4) is 0 Å². The van der Waals surface area contributed by atoms with Gasteiger partial charge in [-0.1, -0.05) is 49.4 Å². The summed E-state index contributed by atoms with van der Waals surface area (Å²) in [6, 6.07) is 10.4. The number of hydrogen-bond donors (Lipinski definition) is 0. The van der Waals surface area contributed by atoms with Crippen LogP contribution in [-0.4, -0.2) is 18.3 Å². The number of hydrogen-bond acceptors (Lipinski definition) is 2. The predicted molar refractivity (Wildman–Crippen MR) is 85.5 cm³/mol. The van der Waals surface area contributed by atoms with Crippen LogP contribution in [0.1, 0.15) is 40.2 Å². The molecule has 0 aromatic heterocycles. The van der Waals surface area contributed by atoms with Crippen molar-refractivity contribution in [3.63, 3.8) is 0 Å². The second kappa shape index (κ2) is 5.75. The Morgan fingerprint density at radius 3 is 2.15 bits per heavy atom. The van der Waals surface area contributed by atoms with E-state index in [-0.39, 0.29) is 18.3 Å². The van der Waals surface area contributed by atoms with Gasteiger partial charge in [0, 0.05) is 0 Å². The lowest BCUT2D eigenvalue weighted by molar-refractivity contribution is 0.00578. The molecule has 2 nitrogen and oxygen atoms in total. The largest absolute Gasteiger partial charge is 0.458 e. The minimum atomic E-state index is -0.236. The van der Waals surface area contributed by atoms with E-state index in [4.69, 9.17) is 9.31 Å². The van der Waals surface area contributed by atoms with E-state index in [2.05, 4.69) is 71.0 Å². The van der Waals surface area contributed by atoms with Crippen LogP contribution in [-0.2, 0) is 9.31 Å². The molecule has 0 saturated carbocycles. The molecule has 1 aromatic rings. The monoisotopic (exact) mass is 272 g/mol. The van der Waals surface area contributed by atoms with E-state index in [9.17, 15) is 0 Å². The maximum atomic E-state index is 6.03. The van der Waals surface area contributed by atoms with E-state index in [0.717, 1.165) is 6.32 Å². The van der Waals surface area contributed by atoms with Crippen molar-refractivity contribution >= 4 is 13.2 Å². The molecule has 1 heterocycles. The molecule has 20 heavy (non-hydrogen) atoms. The standard InChI is InChI=1S/C17H25BO2/c1-14(11-12-15-9-7-6-8-10-15)13-18-19-16(2,3)17(4,5)20-18/h6-12,14H,13H2,1-5H3/b12-11+. The van der Waals surface area contributed by atoms with Gasteiger partial charge in [0.05, 0.1) is 11.2 Å². The van der Waals surface area contributed by atoms with Gasteiger partial charge in [0.25, 0.3) is 0 Å². The van der Waals surface area contributed by atoms with E-state index in [1.165, 1.54) is 5.56 Å². The second-order valence-electron chi connectivity index (χ2n) is 6.67. The molecule has 3 heteroatoms. The van der Waals surface area contributed by atoms with Crippen LogP contribution in [0, 0.1) is 5.92 Å². The Morgan fingerprint density at radius 1 is 1.05 bits per heavy atom. The summed E-state index contributed by atoms with van der Waals surface area (Å²) in [5, 5.41) is 0. The van der Waals surface area contributed by atoms with Crippen LogP contribution >= 0.6 is 0 Å². The van der Waals surface area contributed by atoms with Gasteiger partial charge in [-0.2, -0.15) is 0 Å². The molecule has 0 amide bonds. The summed E-state index contributed by atoms with van der Waals surface area (Å²) in [7, 11) is -0.115. The minimum absolute atomic E-state index is 0.115. The molecular formula is C17H25BO2. The molecule has 0 spiro atoms. The van der Waals surface area contributed by atoms with E-state index < -0.39 is 0 Å². The van der Waals surface area contributed by atoms with Gasteiger partial charge in [0.15, 0.2) is 0 Å². The summed E-state index contributed by atoms with van der Waals surface area (Å²) in [5.74, 6) is 0.421. The van der Waals surface area contributed by atoms with Gasteiger partial charge in [0.1, 0.15) is 0 Å². The fourth-order valence-electron chi connectivity index (χ4n) is 2.28. The molecular weight excluding hydrogens is 247 g/mol. The van der Waals surface area contributed by atoms with E-state index in [1.807, 2.05) is 6.07 Å². The molecule has 1 atom stereocenters. The molecule has 1 fully saturated rings. The molecule has 1 saturated heterocycles. The number of benzene rings is 1. The fraction of sp³-hybridized carbons (Fsp3) is 0.529. The van der Waals surface area contributed by atoms with Gasteiger partial charge in [-0.25, -0.2) is 0 Å². The zero-order valence-corrected chi connectivity index (χ0v) is 13.2. The van der Waals surface area contributed by atoms with Crippen LogP contribution in [0.15, 0.2) is 36.4 Å². The van der Waals surface area contributed by atoms with Crippen molar-refractivity contribution in [3.05, 3.63) is 42.0 Å². The Balaban J connectivity index is 1.90. The highest BCUT2D eigenvalue weighted by Crippen LogP contribution is 2.38. The molecule has 1 aliphatic rings. The van der Waals surface area contributed by atoms with Crippen molar-refractivity contribution in [2.45, 2.75) is 52.1 Å². The van der Waals surface area contributed by atoms with Gasteiger partial charge >= 0.3 is 7.12 Å². The lowest BCUT2D eigenvalue weighted by atomic mass is 9.78. The Hall–Kier alpha value is -1.06. The van der Waals surface area contributed by atoms with Gasteiger partial charge in [0.2, 0.25) is 0 Å². The van der Waals surface area contributed by atoms with Crippen LogP contribution in [0.4, 0.5) is 0 Å². The SMILES string of the molecule is CC(/C=C/c1ccccc1)CB1OC(C)(C)C(C)(C)O1. The average molecular weight is 272 g/mol. The fourth-order valence-corrected chi connectivity index (χ4v) is 2.28. The molecule has 108 valence electrons. The van der Waals surface area contributed by atoms with Crippen molar-refractivity contribution in [1.29, 1.82) is 0 Å². The first-order chi connectivity index (χ1) is 9.30. The van der Waals surface area contributed by atoms with E-state index in [0.29, 0.717) is 5.92 Å². The quantitative estimate of drug-likeness (QED) is 0.755. The normalized spacial score (nSPS) is 22.4. The van der Waals surface area contributed by atoms with Crippen LogP contribution < -0.4 is 0 Å². The first-order valence-corrected chi connectivity index (χ1v) is 7.39. The molecule has 1 aliphatic heterocycles. The summed E-state index contributed by atoms with van der Waals surface area (Å²) in [6.45, 7) is 10.6. The van der Waals surface area contributed by atoms with Crippen molar-refractivity contribution in [1.82, 2.24) is 0 Å². The third kappa shape index (κ3) is 3.53. The molecule has 1 aromatic carbocycles. The van der Waals surface area contributed by atoms with Gasteiger partial charge in [-0.3, -0.25) is 0 Å². The smallest absolute Gasteiger partial charge is 0.403 e. The highest BCUT2D eigenvalue weighted by molar-refractivity contribution is 6.45. The van der Waals surface area contributed by atoms with Gasteiger partial charge in [-0.15, -0.1) is 0 Å². The van der Waals surface area contributed by atoms with Crippen molar-refractivity contribution < 1.29 is 9.31 Å². The van der Waals surface area contributed by atoms with Crippen LogP contribution in [0.3, 0.4) is 0 Å². The Morgan fingerprint density at radius 2 is 1.60 bits per heavy atom. The van der Waals surface area contributed by atoms with Crippen LogP contribution in [0.25, 0.3) is 6.08 Å². The number of allylic oxidation sites excluding steroid dienone is 1. The maximum absolute atomic E-state index is 6.03. The van der Waals surface area contributed by atoms with Crippen LogP contribution in [0.2, 0.25) is 6.32 Å². The molecule has 0 bridgehead atoms. The molecule has 0 aliphatic carbocycles. The zero-order chi connectivity index (χ0) is 14.8. The summed E-state index contributed by atoms with van der Waals surface area (Å²) in [6.07, 6.45) is 5.27. The maximum Gasteiger partial charge on any atom is 0.458 e. The Kier molecular flexibility index (Phi) is 4.41. The molecule has 0 radical (unpaired) electrons. The highest BCUT2D eigenvalue weighted by Gasteiger charge is 2.50. The third-order valence-electron chi connectivity index (χ3n) is 4.28. The number of rotatable bonds is 4. The van der Waals surface area contributed by atoms with Crippen molar-refractivity contribution in [2.24, 2.45) is 5.92 Å².